The summed E-state index contributed by atoms with van der Waals surface area (Å²) in [6.07, 6.45) is 3.34. The number of aliphatic imine (C=N–C) groups is 1. The molecule has 0 saturated carbocycles. The van der Waals surface area contributed by atoms with Crippen LogP contribution in [0.5, 0.6) is 0 Å². The molecular weight excluding hydrogens is 332 g/mol. The van der Waals surface area contributed by atoms with Crippen molar-refractivity contribution in [3.05, 3.63) is 17.5 Å². The molecule has 0 spiro atoms. The zero-order valence-electron chi connectivity index (χ0n) is 13.8. The second-order valence-corrected chi connectivity index (χ2v) is 8.93. The minimum Gasteiger partial charge on any atom is -0.363 e. The maximum Gasteiger partial charge on any atom is 0.191 e. The first kappa shape index (κ1) is 18.1. The molecule has 1 aliphatic rings. The van der Waals surface area contributed by atoms with Gasteiger partial charge in [-0.15, -0.1) is 11.3 Å². The summed E-state index contributed by atoms with van der Waals surface area (Å²) in [5, 5.41) is 10.1. The summed E-state index contributed by atoms with van der Waals surface area (Å²) < 4.78 is 22.4. The van der Waals surface area contributed by atoms with Crippen molar-refractivity contribution in [1.29, 1.82) is 0 Å². The molecule has 1 aromatic heterocycles. The molecule has 0 bridgehead atoms. The largest absolute Gasteiger partial charge is 0.363 e. The molecule has 1 saturated heterocycles. The fourth-order valence-electron chi connectivity index (χ4n) is 2.53. The minimum atomic E-state index is -2.97. The Bertz CT molecular complexity index is 591. The number of hydrogen-bond acceptors (Lipinski definition) is 5. The molecule has 0 unspecified atom stereocenters. The van der Waals surface area contributed by atoms with Gasteiger partial charge in [0.05, 0.1) is 17.3 Å². The lowest BCUT2D eigenvalue weighted by Crippen LogP contribution is -2.48. The number of hydrogen-bond donors (Lipinski definition) is 2. The van der Waals surface area contributed by atoms with Crippen LogP contribution in [0.3, 0.4) is 0 Å². The molecule has 8 heteroatoms. The van der Waals surface area contributed by atoms with Gasteiger partial charge in [-0.1, -0.05) is 0 Å². The highest BCUT2D eigenvalue weighted by atomic mass is 32.2. The van der Waals surface area contributed by atoms with Gasteiger partial charge < -0.3 is 15.5 Å². The average molecular weight is 359 g/mol. The number of guanidine groups is 1. The number of piperidine rings is 1. The predicted molar refractivity (Wildman–Crippen MR) is 98.4 cm³/mol. The Morgan fingerprint density at radius 1 is 1.43 bits per heavy atom. The van der Waals surface area contributed by atoms with Crippen molar-refractivity contribution < 1.29 is 8.42 Å². The Kier molecular flexibility index (Phi) is 6.71. The van der Waals surface area contributed by atoms with Gasteiger partial charge in [-0.05, 0) is 37.3 Å². The van der Waals surface area contributed by atoms with Gasteiger partial charge in [0.1, 0.15) is 9.84 Å². The number of anilines is 1. The van der Waals surface area contributed by atoms with Crippen LogP contribution in [0.1, 0.15) is 19.8 Å². The van der Waals surface area contributed by atoms with E-state index in [2.05, 4.69) is 38.0 Å². The highest BCUT2D eigenvalue weighted by molar-refractivity contribution is 7.90. The van der Waals surface area contributed by atoms with E-state index in [1.54, 1.807) is 11.3 Å². The van der Waals surface area contributed by atoms with Crippen LogP contribution in [0.15, 0.2) is 22.5 Å². The fraction of sp³-hybridized carbons (Fsp3) is 0.667. The Morgan fingerprint density at radius 3 is 2.74 bits per heavy atom. The van der Waals surface area contributed by atoms with E-state index in [-0.39, 0.29) is 5.75 Å². The highest BCUT2D eigenvalue weighted by Gasteiger charge is 2.20. The van der Waals surface area contributed by atoms with Crippen LogP contribution < -0.4 is 15.5 Å². The quantitative estimate of drug-likeness (QED) is 0.593. The summed E-state index contributed by atoms with van der Waals surface area (Å²) in [7, 11) is -2.97. The Morgan fingerprint density at radius 2 is 2.17 bits per heavy atom. The molecule has 0 amide bonds. The average Bonchev–Trinajstić information content (AvgIpc) is 3.01. The first-order valence-electron chi connectivity index (χ1n) is 7.99. The molecule has 6 nitrogen and oxygen atoms in total. The fourth-order valence-corrected chi connectivity index (χ4v) is 3.74. The number of thiophene rings is 1. The van der Waals surface area contributed by atoms with Crippen molar-refractivity contribution in [2.45, 2.75) is 25.8 Å². The lowest BCUT2D eigenvalue weighted by molar-refractivity contribution is 0.463. The van der Waals surface area contributed by atoms with Crippen molar-refractivity contribution in [1.82, 2.24) is 10.6 Å². The van der Waals surface area contributed by atoms with Crippen LogP contribution in [0, 0.1) is 0 Å². The predicted octanol–water partition coefficient (Wildman–Crippen LogP) is 1.32. The molecule has 0 aliphatic carbocycles. The second kappa shape index (κ2) is 8.54. The summed E-state index contributed by atoms with van der Waals surface area (Å²) in [5.74, 6) is 0.797. The molecule has 1 fully saturated rings. The normalized spacial score (nSPS) is 17.3. The first-order chi connectivity index (χ1) is 11.0. The summed E-state index contributed by atoms with van der Waals surface area (Å²) in [5.41, 5.74) is 0. The lowest BCUT2D eigenvalue weighted by atomic mass is 10.1. The SMILES string of the molecule is CCNC(=NCCS(C)(=O)=O)NC1CCN(c2cccs2)CC1. The van der Waals surface area contributed by atoms with Crippen LogP contribution >= 0.6 is 11.3 Å². The number of nitrogens with zero attached hydrogens (tertiary/aromatic N) is 2. The second-order valence-electron chi connectivity index (χ2n) is 5.75. The maximum absolute atomic E-state index is 11.2. The number of rotatable bonds is 6. The highest BCUT2D eigenvalue weighted by Crippen LogP contribution is 2.24. The standard InChI is InChI=1S/C15H26N4O2S2/c1-3-16-15(17-8-12-23(2,20)21)18-13-6-9-19(10-7-13)14-5-4-11-22-14/h4-5,11,13H,3,6-10,12H2,1-2H3,(H2,16,17,18). The van der Waals surface area contributed by atoms with E-state index in [1.807, 2.05) is 6.92 Å². The van der Waals surface area contributed by atoms with Crippen LogP contribution in [0.2, 0.25) is 0 Å². The Balaban J connectivity index is 1.82. The van der Waals surface area contributed by atoms with Crippen molar-refractivity contribution in [2.24, 2.45) is 4.99 Å². The molecule has 2 rings (SSSR count). The zero-order chi connectivity index (χ0) is 16.7. The van der Waals surface area contributed by atoms with Gasteiger partial charge in [0.15, 0.2) is 5.96 Å². The van der Waals surface area contributed by atoms with E-state index in [4.69, 9.17) is 0 Å². The van der Waals surface area contributed by atoms with Crippen molar-refractivity contribution in [3.8, 4) is 0 Å². The minimum absolute atomic E-state index is 0.0837. The van der Waals surface area contributed by atoms with Gasteiger partial charge in [0, 0.05) is 31.9 Å². The summed E-state index contributed by atoms with van der Waals surface area (Å²) in [6.45, 7) is 5.12. The molecule has 23 heavy (non-hydrogen) atoms. The van der Waals surface area contributed by atoms with Crippen molar-refractivity contribution in [2.75, 3.05) is 43.1 Å². The van der Waals surface area contributed by atoms with E-state index >= 15 is 0 Å². The van der Waals surface area contributed by atoms with Crippen molar-refractivity contribution in [3.63, 3.8) is 0 Å². The van der Waals surface area contributed by atoms with Gasteiger partial charge >= 0.3 is 0 Å². The van der Waals surface area contributed by atoms with Crippen LogP contribution in [-0.2, 0) is 9.84 Å². The molecule has 0 aromatic carbocycles. The molecular formula is C15H26N4O2S2. The summed E-state index contributed by atoms with van der Waals surface area (Å²) in [4.78, 5) is 6.78. The molecule has 130 valence electrons. The Hall–Kier alpha value is -1.28. The maximum atomic E-state index is 11.2. The molecule has 1 aromatic rings. The third kappa shape index (κ3) is 6.39. The molecule has 0 radical (unpaired) electrons. The third-order valence-electron chi connectivity index (χ3n) is 3.73. The van der Waals surface area contributed by atoms with Crippen molar-refractivity contribution >= 4 is 32.1 Å². The van der Waals surface area contributed by atoms with Crippen LogP contribution in [-0.4, -0.2) is 58.6 Å². The smallest absolute Gasteiger partial charge is 0.191 e. The van der Waals surface area contributed by atoms with E-state index in [0.717, 1.165) is 32.5 Å². The molecule has 1 aliphatic heterocycles. The lowest BCUT2D eigenvalue weighted by Gasteiger charge is -2.33. The monoisotopic (exact) mass is 358 g/mol. The molecule has 0 atom stereocenters. The zero-order valence-corrected chi connectivity index (χ0v) is 15.4. The van der Waals surface area contributed by atoms with Gasteiger partial charge in [-0.3, -0.25) is 4.99 Å². The topological polar surface area (TPSA) is 73.8 Å². The first-order valence-corrected chi connectivity index (χ1v) is 10.9. The van der Waals surface area contributed by atoms with E-state index in [9.17, 15) is 8.42 Å². The van der Waals surface area contributed by atoms with Gasteiger partial charge in [0.2, 0.25) is 0 Å². The summed E-state index contributed by atoms with van der Waals surface area (Å²) >= 11 is 1.78. The van der Waals surface area contributed by atoms with Gasteiger partial charge in [-0.2, -0.15) is 0 Å². The molecule has 2 heterocycles. The van der Waals surface area contributed by atoms with Gasteiger partial charge in [-0.25, -0.2) is 8.42 Å². The van der Waals surface area contributed by atoms with E-state index in [0.29, 0.717) is 18.5 Å². The van der Waals surface area contributed by atoms with E-state index < -0.39 is 9.84 Å². The Labute approximate surface area is 142 Å². The third-order valence-corrected chi connectivity index (χ3v) is 5.58. The van der Waals surface area contributed by atoms with E-state index in [1.165, 1.54) is 11.3 Å². The van der Waals surface area contributed by atoms with Crippen LogP contribution in [0.25, 0.3) is 0 Å². The van der Waals surface area contributed by atoms with Crippen LogP contribution in [0.4, 0.5) is 5.00 Å². The molecule has 2 N–H and O–H groups in total. The van der Waals surface area contributed by atoms with Gasteiger partial charge in [0.25, 0.3) is 0 Å². The number of nitrogens with one attached hydrogen (secondary N) is 2. The number of sulfone groups is 1. The summed E-state index contributed by atoms with van der Waals surface area (Å²) in [6, 6.07) is 4.62.